The van der Waals surface area contributed by atoms with Gasteiger partial charge in [-0.2, -0.15) is 13.2 Å². The first-order valence-electron chi connectivity index (χ1n) is 9.85. The second-order valence-corrected chi connectivity index (χ2v) is 8.13. The number of rotatable bonds is 9. The van der Waals surface area contributed by atoms with Gasteiger partial charge in [-0.3, -0.25) is 0 Å². The molecule has 0 unspecified atom stereocenters. The number of benzene rings is 2. The molecule has 3 rings (SSSR count). The number of aliphatic carboxylic acids is 1. The smallest absolute Gasteiger partial charge is 0.417 e. The zero-order chi connectivity index (χ0) is 23.3. The molecule has 1 heterocycles. The fourth-order valence-corrected chi connectivity index (χ4v) is 3.96. The third-order valence-electron chi connectivity index (χ3n) is 4.68. The Morgan fingerprint density at radius 2 is 1.75 bits per heavy atom. The van der Waals surface area contributed by atoms with Crippen LogP contribution in [0.15, 0.2) is 41.8 Å². The van der Waals surface area contributed by atoms with Gasteiger partial charge in [0.05, 0.1) is 22.9 Å². The predicted octanol–water partition coefficient (Wildman–Crippen LogP) is 5.92. The van der Waals surface area contributed by atoms with Crippen LogP contribution in [0.5, 0.6) is 11.5 Å². The van der Waals surface area contributed by atoms with Crippen molar-refractivity contribution >= 4 is 17.3 Å². The molecule has 170 valence electrons. The molecule has 0 bridgehead atoms. The summed E-state index contributed by atoms with van der Waals surface area (Å²) in [5, 5.41) is 11.1. The number of alkyl halides is 3. The van der Waals surface area contributed by atoms with Gasteiger partial charge in [0, 0.05) is 17.4 Å². The predicted molar refractivity (Wildman–Crippen MR) is 115 cm³/mol. The Balaban J connectivity index is 1.57. The molecule has 0 aliphatic carbocycles. The molecule has 0 aliphatic rings. The monoisotopic (exact) mass is 465 g/mol. The molecule has 0 atom stereocenters. The van der Waals surface area contributed by atoms with E-state index in [1.165, 1.54) is 23.5 Å². The van der Waals surface area contributed by atoms with Crippen molar-refractivity contribution in [3.8, 4) is 22.8 Å². The molecule has 0 amide bonds. The van der Waals surface area contributed by atoms with Crippen molar-refractivity contribution in [3.63, 3.8) is 0 Å². The molecule has 5 nitrogen and oxygen atoms in total. The standard InChI is InChI=1S/C23H22F3NO4S/c1-14-11-20(31-12-22(28)29)15(2)10-19(14)30-9-5-8-21-27-18(13-32-21)16-6-3-4-7-17(16)23(24,25)26/h3-4,6-7,10-11,13H,5,8-9,12H2,1-2H3,(H,28,29). The summed E-state index contributed by atoms with van der Waals surface area (Å²) in [4.78, 5) is 15.0. The third-order valence-corrected chi connectivity index (χ3v) is 5.58. The van der Waals surface area contributed by atoms with Crippen molar-refractivity contribution in [3.05, 3.63) is 63.5 Å². The van der Waals surface area contributed by atoms with Crippen LogP contribution in [0, 0.1) is 13.8 Å². The van der Waals surface area contributed by atoms with Crippen LogP contribution in [0.3, 0.4) is 0 Å². The van der Waals surface area contributed by atoms with E-state index in [0.717, 1.165) is 22.2 Å². The van der Waals surface area contributed by atoms with Gasteiger partial charge in [0.1, 0.15) is 11.5 Å². The molecule has 0 saturated carbocycles. The summed E-state index contributed by atoms with van der Waals surface area (Å²) >= 11 is 1.33. The number of hydrogen-bond acceptors (Lipinski definition) is 5. The molecule has 0 saturated heterocycles. The maximum absolute atomic E-state index is 13.2. The molecular formula is C23H22F3NO4S. The van der Waals surface area contributed by atoms with Crippen LogP contribution >= 0.6 is 11.3 Å². The van der Waals surface area contributed by atoms with Gasteiger partial charge in [-0.15, -0.1) is 11.3 Å². The number of carboxylic acid groups (broad SMARTS) is 1. The number of carboxylic acids is 1. The first-order chi connectivity index (χ1) is 15.1. The molecule has 9 heteroatoms. The van der Waals surface area contributed by atoms with Gasteiger partial charge < -0.3 is 14.6 Å². The molecule has 0 spiro atoms. The molecule has 2 aromatic carbocycles. The molecule has 3 aromatic rings. The van der Waals surface area contributed by atoms with Crippen molar-refractivity contribution in [1.29, 1.82) is 0 Å². The lowest BCUT2D eigenvalue weighted by Crippen LogP contribution is -2.10. The lowest BCUT2D eigenvalue weighted by molar-refractivity contribution is -0.139. The minimum atomic E-state index is -4.43. The van der Waals surface area contributed by atoms with Gasteiger partial charge in [-0.05, 0) is 49.6 Å². The highest BCUT2D eigenvalue weighted by atomic mass is 32.1. The molecular weight excluding hydrogens is 443 g/mol. The fourth-order valence-electron chi connectivity index (χ4n) is 3.12. The number of halogens is 3. The van der Waals surface area contributed by atoms with Gasteiger partial charge in [0.25, 0.3) is 0 Å². The number of hydrogen-bond donors (Lipinski definition) is 1. The van der Waals surface area contributed by atoms with Gasteiger partial charge >= 0.3 is 12.1 Å². The first-order valence-corrected chi connectivity index (χ1v) is 10.7. The Morgan fingerprint density at radius 3 is 2.41 bits per heavy atom. The van der Waals surface area contributed by atoms with Crippen LogP contribution in [0.4, 0.5) is 13.2 Å². The van der Waals surface area contributed by atoms with Gasteiger partial charge in [-0.1, -0.05) is 18.2 Å². The van der Waals surface area contributed by atoms with Crippen molar-refractivity contribution < 1.29 is 32.5 Å². The van der Waals surface area contributed by atoms with Crippen LogP contribution in [0.2, 0.25) is 0 Å². The first kappa shape index (κ1) is 23.6. The molecule has 1 N–H and O–H groups in total. The lowest BCUT2D eigenvalue weighted by atomic mass is 10.1. The molecule has 0 aliphatic heterocycles. The minimum Gasteiger partial charge on any atom is -0.493 e. The Bertz CT molecular complexity index is 1100. The number of carbonyl (C=O) groups is 1. The number of nitrogens with zero attached hydrogens (tertiary/aromatic N) is 1. The minimum absolute atomic E-state index is 0.0788. The van der Waals surface area contributed by atoms with E-state index in [4.69, 9.17) is 14.6 Å². The summed E-state index contributed by atoms with van der Waals surface area (Å²) in [6.45, 7) is 3.64. The SMILES string of the molecule is Cc1cc(OCC(=O)O)c(C)cc1OCCCc1nc(-c2ccccc2C(F)(F)F)cs1. The van der Waals surface area contributed by atoms with Crippen LogP contribution < -0.4 is 9.47 Å². The van der Waals surface area contributed by atoms with Gasteiger partial charge in [0.15, 0.2) is 6.61 Å². The van der Waals surface area contributed by atoms with E-state index in [0.29, 0.717) is 36.6 Å². The van der Waals surface area contributed by atoms with E-state index < -0.39 is 24.3 Å². The Kier molecular flexibility index (Phi) is 7.40. The van der Waals surface area contributed by atoms with E-state index in [1.807, 2.05) is 6.92 Å². The summed E-state index contributed by atoms with van der Waals surface area (Å²) in [7, 11) is 0. The molecule has 0 radical (unpaired) electrons. The van der Waals surface area contributed by atoms with E-state index in [9.17, 15) is 18.0 Å². The highest BCUT2D eigenvalue weighted by Crippen LogP contribution is 2.37. The second-order valence-electron chi connectivity index (χ2n) is 7.19. The zero-order valence-corrected chi connectivity index (χ0v) is 18.3. The summed E-state index contributed by atoms with van der Waals surface area (Å²) in [6.07, 6.45) is -3.21. The topological polar surface area (TPSA) is 68.7 Å². The number of aromatic nitrogens is 1. The van der Waals surface area contributed by atoms with E-state index >= 15 is 0 Å². The highest BCUT2D eigenvalue weighted by molar-refractivity contribution is 7.09. The normalized spacial score (nSPS) is 11.4. The van der Waals surface area contributed by atoms with Crippen LogP contribution in [0.25, 0.3) is 11.3 Å². The summed E-state index contributed by atoms with van der Waals surface area (Å²) in [6, 6.07) is 8.95. The average molecular weight is 465 g/mol. The Labute approximate surface area is 187 Å². The maximum atomic E-state index is 13.2. The van der Waals surface area contributed by atoms with Crippen molar-refractivity contribution in [2.24, 2.45) is 0 Å². The lowest BCUT2D eigenvalue weighted by Gasteiger charge is -2.13. The van der Waals surface area contributed by atoms with Crippen molar-refractivity contribution in [2.75, 3.05) is 13.2 Å². The fraction of sp³-hybridized carbons (Fsp3) is 0.304. The van der Waals surface area contributed by atoms with Crippen molar-refractivity contribution in [1.82, 2.24) is 4.98 Å². The summed E-state index contributed by atoms with van der Waals surface area (Å²) in [5.41, 5.74) is 1.29. The second kappa shape index (κ2) is 10.0. The number of aryl methyl sites for hydroxylation is 3. The van der Waals surface area contributed by atoms with Gasteiger partial charge in [-0.25, -0.2) is 9.78 Å². The maximum Gasteiger partial charge on any atom is 0.417 e. The molecule has 0 fully saturated rings. The van der Waals surface area contributed by atoms with Crippen LogP contribution in [-0.2, 0) is 17.4 Å². The van der Waals surface area contributed by atoms with Crippen LogP contribution in [0.1, 0.15) is 28.1 Å². The molecule has 1 aromatic heterocycles. The van der Waals surface area contributed by atoms with Gasteiger partial charge in [0.2, 0.25) is 0 Å². The summed E-state index contributed by atoms with van der Waals surface area (Å²) < 4.78 is 50.8. The number of thiazole rings is 1. The quantitative estimate of drug-likeness (QED) is 0.397. The average Bonchev–Trinajstić information content (AvgIpc) is 3.20. The van der Waals surface area contributed by atoms with E-state index in [2.05, 4.69) is 4.98 Å². The van der Waals surface area contributed by atoms with Crippen LogP contribution in [-0.4, -0.2) is 29.3 Å². The largest absolute Gasteiger partial charge is 0.493 e. The highest BCUT2D eigenvalue weighted by Gasteiger charge is 2.33. The summed E-state index contributed by atoms with van der Waals surface area (Å²) in [5.74, 6) is 0.116. The Hall–Kier alpha value is -3.07. The Morgan fingerprint density at radius 1 is 1.09 bits per heavy atom. The van der Waals surface area contributed by atoms with Crippen molar-refractivity contribution in [2.45, 2.75) is 32.9 Å². The number of ether oxygens (including phenoxy) is 2. The van der Waals surface area contributed by atoms with E-state index in [1.54, 1.807) is 30.5 Å². The zero-order valence-electron chi connectivity index (χ0n) is 17.5. The third kappa shape index (κ3) is 6.00. The molecule has 32 heavy (non-hydrogen) atoms. The van der Waals surface area contributed by atoms with E-state index in [-0.39, 0.29) is 5.56 Å².